The molecule has 0 aliphatic carbocycles. The molecule has 0 radical (unpaired) electrons. The van der Waals surface area contributed by atoms with Crippen molar-refractivity contribution in [1.29, 1.82) is 0 Å². The Hall–Kier alpha value is -3.33. The zero-order chi connectivity index (χ0) is 21.8. The molecular weight excluding hydrogens is 410 g/mol. The summed E-state index contributed by atoms with van der Waals surface area (Å²) < 4.78 is 10.2. The molecule has 9 nitrogen and oxygen atoms in total. The first kappa shape index (κ1) is 21.4. The molecule has 3 aromatic rings. The minimum atomic E-state index is -0.642. The number of rotatable bonds is 6. The summed E-state index contributed by atoms with van der Waals surface area (Å²) in [6.45, 7) is 5.60. The molecule has 0 saturated carbocycles. The molecule has 0 bridgehead atoms. The molecule has 158 valence electrons. The maximum Gasteiger partial charge on any atom is 0.412 e. The quantitative estimate of drug-likeness (QED) is 0.537. The predicted molar refractivity (Wildman–Crippen MR) is 115 cm³/mol. The lowest BCUT2D eigenvalue weighted by molar-refractivity contribution is 0.187. The number of aromatic amines is 1. The van der Waals surface area contributed by atoms with Gasteiger partial charge in [0.1, 0.15) is 11.6 Å². The van der Waals surface area contributed by atoms with Gasteiger partial charge in [-0.3, -0.25) is 10.1 Å². The summed E-state index contributed by atoms with van der Waals surface area (Å²) in [5.74, 6) is 1.02. The first-order valence-corrected chi connectivity index (χ1v) is 9.62. The van der Waals surface area contributed by atoms with E-state index in [2.05, 4.69) is 30.3 Å². The second kappa shape index (κ2) is 9.00. The smallest absolute Gasteiger partial charge is 0.412 e. The van der Waals surface area contributed by atoms with Gasteiger partial charge in [-0.15, -0.1) is 0 Å². The van der Waals surface area contributed by atoms with E-state index >= 15 is 0 Å². The number of methoxy groups -OCH3 is 1. The van der Waals surface area contributed by atoms with Crippen LogP contribution < -0.4 is 20.9 Å². The van der Waals surface area contributed by atoms with Crippen LogP contribution in [0.25, 0.3) is 10.9 Å². The van der Waals surface area contributed by atoms with Gasteiger partial charge >= 0.3 is 6.09 Å². The second-order valence-electron chi connectivity index (χ2n) is 6.84. The van der Waals surface area contributed by atoms with Gasteiger partial charge in [0, 0.05) is 23.2 Å². The van der Waals surface area contributed by atoms with Gasteiger partial charge in [-0.1, -0.05) is 11.6 Å². The Morgan fingerprint density at radius 1 is 1.23 bits per heavy atom. The molecule has 0 saturated heterocycles. The lowest BCUT2D eigenvalue weighted by Crippen LogP contribution is -2.20. The number of carbonyl (C=O) groups excluding carboxylic acids is 1. The number of anilines is 2. The van der Waals surface area contributed by atoms with Crippen molar-refractivity contribution >= 4 is 40.4 Å². The number of carbonyl (C=O) groups is 1. The molecule has 3 rings (SSSR count). The first-order chi connectivity index (χ1) is 14.3. The number of aromatic nitrogens is 3. The minimum Gasteiger partial charge on any atom is -0.489 e. The number of ether oxygens (including phenoxy) is 2. The molecule has 1 aromatic carbocycles. The van der Waals surface area contributed by atoms with Gasteiger partial charge in [0.2, 0.25) is 5.95 Å². The maximum absolute atomic E-state index is 12.7. The highest BCUT2D eigenvalue weighted by atomic mass is 35.5. The number of benzene rings is 1. The molecule has 0 unspecified atom stereocenters. The number of H-pyrrole nitrogens is 1. The van der Waals surface area contributed by atoms with Crippen molar-refractivity contribution < 1.29 is 14.3 Å². The summed E-state index contributed by atoms with van der Waals surface area (Å²) in [5, 5.41) is 6.74. The van der Waals surface area contributed by atoms with Crippen LogP contribution in [-0.4, -0.2) is 34.3 Å². The zero-order valence-electron chi connectivity index (χ0n) is 16.9. The molecule has 2 aromatic heterocycles. The Labute approximate surface area is 177 Å². The number of halogens is 1. The monoisotopic (exact) mass is 431 g/mol. The number of fused-ring (bicyclic) bond motifs is 1. The van der Waals surface area contributed by atoms with E-state index < -0.39 is 12.1 Å². The van der Waals surface area contributed by atoms with Crippen LogP contribution in [0.3, 0.4) is 0 Å². The summed E-state index contributed by atoms with van der Waals surface area (Å²) in [7, 11) is 1.26. The van der Waals surface area contributed by atoms with Crippen LogP contribution in [0.5, 0.6) is 5.75 Å². The van der Waals surface area contributed by atoms with Crippen LogP contribution in [0.1, 0.15) is 32.4 Å². The average molecular weight is 432 g/mol. The topological polar surface area (TPSA) is 118 Å². The molecule has 0 fully saturated rings. The third-order valence-electron chi connectivity index (χ3n) is 4.17. The van der Waals surface area contributed by atoms with E-state index in [9.17, 15) is 9.59 Å². The van der Waals surface area contributed by atoms with E-state index in [-0.39, 0.29) is 23.4 Å². The lowest BCUT2D eigenvalue weighted by atomic mass is 10.1. The van der Waals surface area contributed by atoms with E-state index in [1.54, 1.807) is 25.1 Å². The standard InChI is InChI=1S/C20H22ClN5O4/c1-10(2)30-16-9-15-12(8-14(16)21)7-13(18(27)24-15)11(3)23-19-22-6-5-17(25-19)26-20(28)29-4/h5-11H,1-4H3,(H,24,27)(H2,22,23,25,26,28)/t11-/m0/s1. The fourth-order valence-corrected chi connectivity index (χ4v) is 3.03. The Bertz CT molecular complexity index is 1130. The van der Waals surface area contributed by atoms with E-state index in [0.29, 0.717) is 21.9 Å². The van der Waals surface area contributed by atoms with Gasteiger partial charge in [0.05, 0.1) is 29.8 Å². The van der Waals surface area contributed by atoms with E-state index in [4.69, 9.17) is 16.3 Å². The van der Waals surface area contributed by atoms with Crippen molar-refractivity contribution in [2.45, 2.75) is 32.9 Å². The summed E-state index contributed by atoms with van der Waals surface area (Å²) in [6, 6.07) is 6.32. The van der Waals surface area contributed by atoms with Crippen molar-refractivity contribution in [3.8, 4) is 5.75 Å². The van der Waals surface area contributed by atoms with Gasteiger partial charge < -0.3 is 19.8 Å². The molecule has 3 N–H and O–H groups in total. The van der Waals surface area contributed by atoms with Gasteiger partial charge in [-0.05, 0) is 39.0 Å². The Morgan fingerprint density at radius 2 is 2.00 bits per heavy atom. The summed E-state index contributed by atoms with van der Waals surface area (Å²) in [4.78, 5) is 35.2. The van der Waals surface area contributed by atoms with Crippen molar-refractivity contribution in [2.24, 2.45) is 0 Å². The third kappa shape index (κ3) is 4.98. The Morgan fingerprint density at radius 3 is 2.70 bits per heavy atom. The third-order valence-corrected chi connectivity index (χ3v) is 4.47. The van der Waals surface area contributed by atoms with Gasteiger partial charge in [-0.2, -0.15) is 4.98 Å². The number of nitrogens with zero attached hydrogens (tertiary/aromatic N) is 2. The fourth-order valence-electron chi connectivity index (χ4n) is 2.81. The number of nitrogens with one attached hydrogen (secondary N) is 3. The van der Waals surface area contributed by atoms with Crippen molar-refractivity contribution in [3.05, 3.63) is 51.4 Å². The summed E-state index contributed by atoms with van der Waals surface area (Å²) in [5.41, 5.74) is 0.840. The van der Waals surface area contributed by atoms with Crippen LogP contribution in [0, 0.1) is 0 Å². The first-order valence-electron chi connectivity index (χ1n) is 9.24. The maximum atomic E-state index is 12.7. The largest absolute Gasteiger partial charge is 0.489 e. The Kier molecular flexibility index (Phi) is 6.41. The molecule has 0 aliphatic heterocycles. The van der Waals surface area contributed by atoms with E-state index in [0.717, 1.165) is 5.39 Å². The highest BCUT2D eigenvalue weighted by Gasteiger charge is 2.15. The van der Waals surface area contributed by atoms with Crippen molar-refractivity contribution in [2.75, 3.05) is 17.7 Å². The molecule has 30 heavy (non-hydrogen) atoms. The molecular formula is C20H22ClN5O4. The summed E-state index contributed by atoms with van der Waals surface area (Å²) in [6.07, 6.45) is 0.796. The minimum absolute atomic E-state index is 0.0420. The SMILES string of the molecule is COC(=O)Nc1ccnc(N[C@@H](C)c2cc3cc(Cl)c(OC(C)C)cc3[nH]c2=O)n1. The highest BCUT2D eigenvalue weighted by molar-refractivity contribution is 6.32. The number of amides is 1. The average Bonchev–Trinajstić information content (AvgIpc) is 2.68. The molecule has 0 aliphatic rings. The van der Waals surface area contributed by atoms with Crippen molar-refractivity contribution in [1.82, 2.24) is 15.0 Å². The molecule has 1 atom stereocenters. The molecule has 1 amide bonds. The van der Waals surface area contributed by atoms with Crippen LogP contribution in [0.15, 0.2) is 35.3 Å². The van der Waals surface area contributed by atoms with E-state index in [1.807, 2.05) is 13.8 Å². The van der Waals surface area contributed by atoms with Gasteiger partial charge in [-0.25, -0.2) is 9.78 Å². The van der Waals surface area contributed by atoms with Crippen LogP contribution in [0.2, 0.25) is 5.02 Å². The van der Waals surface area contributed by atoms with Gasteiger partial charge in [0.15, 0.2) is 0 Å². The van der Waals surface area contributed by atoms with Crippen molar-refractivity contribution in [3.63, 3.8) is 0 Å². The normalized spacial score (nSPS) is 11.9. The van der Waals surface area contributed by atoms with Crippen LogP contribution in [-0.2, 0) is 4.74 Å². The van der Waals surface area contributed by atoms with E-state index in [1.165, 1.54) is 19.4 Å². The fraction of sp³-hybridized carbons (Fsp3) is 0.300. The zero-order valence-corrected chi connectivity index (χ0v) is 17.7. The second-order valence-corrected chi connectivity index (χ2v) is 7.25. The summed E-state index contributed by atoms with van der Waals surface area (Å²) >= 11 is 6.32. The highest BCUT2D eigenvalue weighted by Crippen LogP contribution is 2.30. The van der Waals surface area contributed by atoms with Crippen LogP contribution in [0.4, 0.5) is 16.6 Å². The van der Waals surface area contributed by atoms with Crippen LogP contribution >= 0.6 is 11.6 Å². The Balaban J connectivity index is 1.87. The lowest BCUT2D eigenvalue weighted by Gasteiger charge is -2.16. The molecule has 10 heteroatoms. The molecule has 2 heterocycles. The molecule has 0 spiro atoms. The number of hydrogen-bond donors (Lipinski definition) is 3. The number of pyridine rings is 1. The number of hydrogen-bond acceptors (Lipinski definition) is 7. The predicted octanol–water partition coefficient (Wildman–Crippen LogP) is 4.11. The van der Waals surface area contributed by atoms with Gasteiger partial charge in [0.25, 0.3) is 5.56 Å².